The molecule has 0 saturated heterocycles. The molecule has 3 heteroatoms. The number of hydrogen-bond donors (Lipinski definition) is 0. The zero-order valence-corrected chi connectivity index (χ0v) is 14.9. The van der Waals surface area contributed by atoms with Crippen LogP contribution < -0.4 is 4.74 Å². The summed E-state index contributed by atoms with van der Waals surface area (Å²) in [5.41, 5.74) is 1.76. The molecule has 0 atom stereocenters. The molecule has 0 fully saturated rings. The first-order valence-corrected chi connectivity index (χ1v) is 7.91. The van der Waals surface area contributed by atoms with Crippen LogP contribution in [0.25, 0.3) is 0 Å². The first-order valence-electron chi connectivity index (χ1n) is 7.91. The molecule has 0 aromatic heterocycles. The maximum Gasteiger partial charge on any atom is 0.155 e. The number of hydrogen-bond acceptors (Lipinski definition) is 3. The number of ketones is 1. The molecule has 0 unspecified atom stereocenters. The monoisotopic (exact) mass is 338 g/mol. The van der Waals surface area contributed by atoms with E-state index in [2.05, 4.69) is 46.8 Å². The van der Waals surface area contributed by atoms with E-state index in [4.69, 9.17) is 9.47 Å². The lowest BCUT2D eigenvalue weighted by atomic mass is 9.72. The Balaban J connectivity index is 0. The molecular weight excluding hydrogens is 300 g/mol. The van der Waals surface area contributed by atoms with E-state index in [1.165, 1.54) is 12.5 Å². The molecular formula is C21H38O3. The largest absolute Gasteiger partial charge is 0.491 e. The van der Waals surface area contributed by atoms with Crippen LogP contribution in [0.1, 0.15) is 68.4 Å². The van der Waals surface area contributed by atoms with Crippen molar-refractivity contribution in [3.05, 3.63) is 29.8 Å². The third-order valence-corrected chi connectivity index (χ3v) is 3.41. The number of carbonyl (C=O) groups is 1. The number of rotatable bonds is 8. The molecule has 0 radical (unpaired) electrons. The van der Waals surface area contributed by atoms with Gasteiger partial charge in [0, 0.05) is 0 Å². The molecule has 0 aliphatic heterocycles. The Labute approximate surface area is 149 Å². The van der Waals surface area contributed by atoms with E-state index in [9.17, 15) is 4.79 Å². The molecule has 0 spiro atoms. The smallest absolute Gasteiger partial charge is 0.155 e. The average Bonchev–Trinajstić information content (AvgIpc) is 2.35. The standard InChI is InChI=1S/C19H30O3.2CH4/c1-15(20)13-21-11-12-22-17-9-7-16(8-10-17)19(5,6)14-18(2,3)4;;/h7-10H,11-14H2,1-6H3;2*1H4. The van der Waals surface area contributed by atoms with Gasteiger partial charge in [0.05, 0.1) is 6.61 Å². The molecule has 24 heavy (non-hydrogen) atoms. The molecule has 3 nitrogen and oxygen atoms in total. The van der Waals surface area contributed by atoms with Gasteiger partial charge in [-0.05, 0) is 41.9 Å². The first-order chi connectivity index (χ1) is 10.1. The highest BCUT2D eigenvalue weighted by Gasteiger charge is 2.27. The van der Waals surface area contributed by atoms with Crippen molar-refractivity contribution < 1.29 is 14.3 Å². The average molecular weight is 339 g/mol. The van der Waals surface area contributed by atoms with Crippen LogP contribution in [0.5, 0.6) is 5.75 Å². The van der Waals surface area contributed by atoms with Crippen LogP contribution in [0, 0.1) is 5.41 Å². The van der Waals surface area contributed by atoms with Crippen molar-refractivity contribution in [2.45, 2.75) is 68.2 Å². The van der Waals surface area contributed by atoms with Crippen molar-refractivity contribution in [1.29, 1.82) is 0 Å². The highest BCUT2D eigenvalue weighted by atomic mass is 16.5. The molecule has 0 heterocycles. The number of ether oxygens (including phenoxy) is 2. The number of Topliss-reactive ketones (excluding diaryl/α,β-unsaturated/α-hetero) is 1. The van der Waals surface area contributed by atoms with Crippen LogP contribution in [0.3, 0.4) is 0 Å². The van der Waals surface area contributed by atoms with Gasteiger partial charge in [-0.3, -0.25) is 4.79 Å². The van der Waals surface area contributed by atoms with Gasteiger partial charge < -0.3 is 9.47 Å². The van der Waals surface area contributed by atoms with Gasteiger partial charge in [-0.25, -0.2) is 0 Å². The summed E-state index contributed by atoms with van der Waals surface area (Å²) in [5, 5.41) is 0. The molecule has 140 valence electrons. The quantitative estimate of drug-likeness (QED) is 0.574. The third kappa shape index (κ3) is 9.71. The van der Waals surface area contributed by atoms with Crippen molar-refractivity contribution in [3.8, 4) is 5.75 Å². The summed E-state index contributed by atoms with van der Waals surface area (Å²) in [5.74, 6) is 0.868. The van der Waals surface area contributed by atoms with Crippen LogP contribution in [-0.4, -0.2) is 25.6 Å². The molecule has 1 aromatic rings. The van der Waals surface area contributed by atoms with Crippen molar-refractivity contribution >= 4 is 5.78 Å². The molecule has 1 aromatic carbocycles. The second kappa shape index (κ2) is 10.5. The van der Waals surface area contributed by atoms with Gasteiger partial charge in [-0.15, -0.1) is 0 Å². The Bertz CT molecular complexity index is 467. The van der Waals surface area contributed by atoms with Crippen molar-refractivity contribution in [2.24, 2.45) is 5.41 Å². The fraction of sp³-hybridized carbons (Fsp3) is 0.667. The summed E-state index contributed by atoms with van der Waals surface area (Å²) in [6, 6.07) is 8.28. The van der Waals surface area contributed by atoms with Gasteiger partial charge in [0.2, 0.25) is 0 Å². The maximum absolute atomic E-state index is 10.7. The van der Waals surface area contributed by atoms with Crippen LogP contribution in [0.2, 0.25) is 0 Å². The van der Waals surface area contributed by atoms with Gasteiger partial charge >= 0.3 is 0 Å². The Hall–Kier alpha value is -1.35. The molecule has 0 N–H and O–H groups in total. The minimum atomic E-state index is 0. The maximum atomic E-state index is 10.7. The Kier molecular flexibility index (Phi) is 10.9. The highest BCUT2D eigenvalue weighted by molar-refractivity contribution is 5.76. The van der Waals surface area contributed by atoms with E-state index < -0.39 is 0 Å². The Morgan fingerprint density at radius 3 is 1.96 bits per heavy atom. The van der Waals surface area contributed by atoms with Gasteiger partial charge in [-0.2, -0.15) is 0 Å². The molecule has 0 bridgehead atoms. The number of carbonyl (C=O) groups excluding carboxylic acids is 1. The van der Waals surface area contributed by atoms with Crippen LogP contribution in [0.15, 0.2) is 24.3 Å². The lowest BCUT2D eigenvalue weighted by molar-refractivity contribution is -0.121. The summed E-state index contributed by atoms with van der Waals surface area (Å²) >= 11 is 0. The summed E-state index contributed by atoms with van der Waals surface area (Å²) in [4.78, 5) is 10.7. The van der Waals surface area contributed by atoms with Gasteiger partial charge in [-0.1, -0.05) is 61.6 Å². The van der Waals surface area contributed by atoms with Crippen molar-refractivity contribution in [2.75, 3.05) is 19.8 Å². The fourth-order valence-electron chi connectivity index (χ4n) is 2.86. The van der Waals surface area contributed by atoms with Gasteiger partial charge in [0.1, 0.15) is 19.0 Å². The topological polar surface area (TPSA) is 35.5 Å². The van der Waals surface area contributed by atoms with E-state index in [0.29, 0.717) is 18.6 Å². The minimum Gasteiger partial charge on any atom is -0.491 e. The Morgan fingerprint density at radius 1 is 0.958 bits per heavy atom. The summed E-state index contributed by atoms with van der Waals surface area (Å²) in [7, 11) is 0. The normalized spacial score (nSPS) is 11.2. The molecule has 0 saturated carbocycles. The predicted octanol–water partition coefficient (Wildman–Crippen LogP) is 5.66. The summed E-state index contributed by atoms with van der Waals surface area (Å²) < 4.78 is 10.8. The second-order valence-electron chi connectivity index (χ2n) is 7.75. The van der Waals surface area contributed by atoms with E-state index in [1.54, 1.807) is 0 Å². The van der Waals surface area contributed by atoms with E-state index in [0.717, 1.165) is 12.2 Å². The third-order valence-electron chi connectivity index (χ3n) is 3.41. The van der Waals surface area contributed by atoms with Crippen molar-refractivity contribution in [3.63, 3.8) is 0 Å². The molecule has 0 aliphatic carbocycles. The zero-order valence-electron chi connectivity index (χ0n) is 14.9. The molecule has 0 amide bonds. The van der Waals surface area contributed by atoms with Gasteiger partial charge in [0.25, 0.3) is 0 Å². The van der Waals surface area contributed by atoms with Crippen LogP contribution >= 0.6 is 0 Å². The zero-order chi connectivity index (χ0) is 16.8. The summed E-state index contributed by atoms with van der Waals surface area (Å²) in [6.45, 7) is 13.9. The van der Waals surface area contributed by atoms with E-state index >= 15 is 0 Å². The molecule has 0 aliphatic rings. The highest BCUT2D eigenvalue weighted by Crippen LogP contribution is 2.36. The number of benzene rings is 1. The van der Waals surface area contributed by atoms with Gasteiger partial charge in [0.15, 0.2) is 5.78 Å². The fourth-order valence-corrected chi connectivity index (χ4v) is 2.86. The van der Waals surface area contributed by atoms with Crippen LogP contribution in [0.4, 0.5) is 0 Å². The lowest BCUT2D eigenvalue weighted by Crippen LogP contribution is -2.24. The second-order valence-corrected chi connectivity index (χ2v) is 7.75. The lowest BCUT2D eigenvalue weighted by Gasteiger charge is -2.33. The Morgan fingerprint density at radius 2 is 1.50 bits per heavy atom. The predicted molar refractivity (Wildman–Crippen MR) is 104 cm³/mol. The minimum absolute atomic E-state index is 0. The summed E-state index contributed by atoms with van der Waals surface area (Å²) in [6.07, 6.45) is 1.12. The van der Waals surface area contributed by atoms with E-state index in [1.807, 2.05) is 12.1 Å². The van der Waals surface area contributed by atoms with Crippen LogP contribution in [-0.2, 0) is 14.9 Å². The van der Waals surface area contributed by atoms with Crippen molar-refractivity contribution in [1.82, 2.24) is 0 Å². The first kappa shape index (κ1) is 24.9. The van der Waals surface area contributed by atoms with E-state index in [-0.39, 0.29) is 32.7 Å². The molecule has 1 rings (SSSR count). The SMILES string of the molecule is C.C.CC(=O)COCCOc1ccc(C(C)(C)CC(C)(C)C)cc1.